The third-order valence-corrected chi connectivity index (χ3v) is 3.37. The lowest BCUT2D eigenvalue weighted by Crippen LogP contribution is -1.73. The second-order valence-corrected chi connectivity index (χ2v) is 4.90. The summed E-state index contributed by atoms with van der Waals surface area (Å²) in [6.07, 6.45) is 3.87. The van der Waals surface area contributed by atoms with E-state index in [-0.39, 0.29) is 0 Å². The van der Waals surface area contributed by atoms with Crippen LogP contribution in [-0.4, -0.2) is 9.97 Å². The molecule has 0 aliphatic rings. The molecular formula is C20H18N2. The van der Waals surface area contributed by atoms with Crippen LogP contribution in [0.1, 0.15) is 0 Å². The van der Waals surface area contributed by atoms with E-state index in [4.69, 9.17) is 0 Å². The molecule has 0 unspecified atom stereocenters. The van der Waals surface area contributed by atoms with Crippen LogP contribution in [0.25, 0.3) is 22.5 Å². The Bertz CT molecular complexity index is 685. The highest BCUT2D eigenvalue weighted by Gasteiger charge is 1.93. The third kappa shape index (κ3) is 3.55. The smallest absolute Gasteiger partial charge is 0.0453 e. The highest BCUT2D eigenvalue weighted by atomic mass is 14.7. The van der Waals surface area contributed by atoms with Crippen molar-refractivity contribution in [2.75, 3.05) is 0 Å². The highest BCUT2D eigenvalue weighted by molar-refractivity contribution is 5.59. The van der Waals surface area contributed by atoms with Crippen LogP contribution in [0.4, 0.5) is 0 Å². The summed E-state index contributed by atoms with van der Waals surface area (Å²) in [6.45, 7) is 0. The Balaban J connectivity index is 0.000000131. The number of nitrogens with one attached hydrogen (secondary N) is 2. The Hall–Kier alpha value is -3.00. The van der Waals surface area contributed by atoms with E-state index in [1.165, 1.54) is 22.5 Å². The Labute approximate surface area is 130 Å². The van der Waals surface area contributed by atoms with Crippen LogP contribution in [0.15, 0.2) is 97.3 Å². The van der Waals surface area contributed by atoms with Crippen molar-refractivity contribution in [3.05, 3.63) is 97.3 Å². The zero-order valence-electron chi connectivity index (χ0n) is 12.2. The van der Waals surface area contributed by atoms with Gasteiger partial charge in [0, 0.05) is 23.8 Å². The number of benzene rings is 2. The van der Waals surface area contributed by atoms with Gasteiger partial charge in [0.25, 0.3) is 0 Å². The fraction of sp³-hybridized carbons (Fsp3) is 0. The van der Waals surface area contributed by atoms with Gasteiger partial charge in [-0.1, -0.05) is 60.7 Å². The molecule has 2 aromatic heterocycles. The summed E-state index contributed by atoms with van der Waals surface area (Å²) in [5.41, 5.74) is 4.81. The van der Waals surface area contributed by atoms with Crippen LogP contribution in [0, 0.1) is 0 Å². The van der Waals surface area contributed by atoms with Crippen molar-refractivity contribution in [1.29, 1.82) is 0 Å². The van der Waals surface area contributed by atoms with Crippen molar-refractivity contribution < 1.29 is 0 Å². The molecule has 0 fully saturated rings. The maximum absolute atomic E-state index is 3.15. The molecule has 4 rings (SSSR count). The fourth-order valence-electron chi connectivity index (χ4n) is 2.26. The van der Waals surface area contributed by atoms with E-state index >= 15 is 0 Å². The van der Waals surface area contributed by atoms with E-state index in [9.17, 15) is 0 Å². The maximum Gasteiger partial charge on any atom is 0.0453 e. The highest BCUT2D eigenvalue weighted by Crippen LogP contribution is 2.15. The molecule has 0 bridgehead atoms. The first-order valence-electron chi connectivity index (χ1n) is 7.31. The monoisotopic (exact) mass is 286 g/mol. The molecule has 0 amide bonds. The van der Waals surface area contributed by atoms with Gasteiger partial charge in [0.15, 0.2) is 0 Å². The molecule has 22 heavy (non-hydrogen) atoms. The number of H-pyrrole nitrogens is 2. The SMILES string of the molecule is c1ccc(-c2ccc[nH]2)cc1.c1ccc(-c2ccc[nH]2)cc1. The molecule has 0 aliphatic heterocycles. The van der Waals surface area contributed by atoms with Crippen molar-refractivity contribution in [3.8, 4) is 22.5 Å². The summed E-state index contributed by atoms with van der Waals surface area (Å²) in [4.78, 5) is 6.31. The first kappa shape index (κ1) is 14.0. The van der Waals surface area contributed by atoms with Gasteiger partial charge < -0.3 is 9.97 Å². The standard InChI is InChI=1S/2C10H9N/c2*1-2-5-9(6-3-1)10-7-4-8-11-10/h2*1-8,11H. The quantitative estimate of drug-likeness (QED) is 0.497. The summed E-state index contributed by atoms with van der Waals surface area (Å²) in [5, 5.41) is 0. The zero-order chi connectivity index (χ0) is 15.0. The molecule has 2 aromatic carbocycles. The van der Waals surface area contributed by atoms with Gasteiger partial charge in [0.1, 0.15) is 0 Å². The Morgan fingerprint density at radius 3 is 1.14 bits per heavy atom. The molecule has 0 radical (unpaired) electrons. The van der Waals surface area contributed by atoms with Gasteiger partial charge in [0.2, 0.25) is 0 Å². The van der Waals surface area contributed by atoms with Crippen LogP contribution >= 0.6 is 0 Å². The lowest BCUT2D eigenvalue weighted by atomic mass is 10.2. The molecule has 0 saturated carbocycles. The molecule has 2 heterocycles. The van der Waals surface area contributed by atoms with E-state index in [0.717, 1.165) is 0 Å². The second kappa shape index (κ2) is 7.14. The zero-order valence-corrected chi connectivity index (χ0v) is 12.2. The van der Waals surface area contributed by atoms with Gasteiger partial charge in [-0.2, -0.15) is 0 Å². The van der Waals surface area contributed by atoms with Crippen molar-refractivity contribution in [2.24, 2.45) is 0 Å². The van der Waals surface area contributed by atoms with Gasteiger partial charge in [-0.15, -0.1) is 0 Å². The summed E-state index contributed by atoms with van der Waals surface area (Å²) in [5.74, 6) is 0. The van der Waals surface area contributed by atoms with Crippen LogP contribution < -0.4 is 0 Å². The molecule has 0 spiro atoms. The summed E-state index contributed by atoms with van der Waals surface area (Å²) in [7, 11) is 0. The van der Waals surface area contributed by atoms with Crippen LogP contribution in [-0.2, 0) is 0 Å². The Morgan fingerprint density at radius 1 is 0.409 bits per heavy atom. The summed E-state index contributed by atoms with van der Waals surface area (Å²) < 4.78 is 0. The minimum Gasteiger partial charge on any atom is -0.361 e. The minimum absolute atomic E-state index is 1.17. The third-order valence-electron chi connectivity index (χ3n) is 3.37. The number of aromatic amines is 2. The molecular weight excluding hydrogens is 268 g/mol. The molecule has 0 atom stereocenters. The van der Waals surface area contributed by atoms with E-state index in [2.05, 4.69) is 46.4 Å². The van der Waals surface area contributed by atoms with Crippen LogP contribution in [0.5, 0.6) is 0 Å². The predicted molar refractivity (Wildman–Crippen MR) is 92.5 cm³/mol. The van der Waals surface area contributed by atoms with Crippen molar-refractivity contribution >= 4 is 0 Å². The molecule has 0 aliphatic carbocycles. The van der Waals surface area contributed by atoms with Crippen molar-refractivity contribution in [2.45, 2.75) is 0 Å². The predicted octanol–water partition coefficient (Wildman–Crippen LogP) is 5.36. The van der Waals surface area contributed by atoms with E-state index < -0.39 is 0 Å². The average Bonchev–Trinajstić information content (AvgIpc) is 3.31. The van der Waals surface area contributed by atoms with Crippen LogP contribution in [0.3, 0.4) is 0 Å². The van der Waals surface area contributed by atoms with Crippen molar-refractivity contribution in [3.63, 3.8) is 0 Å². The number of aromatic nitrogens is 2. The number of rotatable bonds is 2. The Morgan fingerprint density at radius 2 is 0.818 bits per heavy atom. The molecule has 2 heteroatoms. The van der Waals surface area contributed by atoms with Crippen molar-refractivity contribution in [1.82, 2.24) is 9.97 Å². The summed E-state index contributed by atoms with van der Waals surface area (Å²) in [6, 6.07) is 28.7. The fourth-order valence-corrected chi connectivity index (χ4v) is 2.26. The lowest BCUT2D eigenvalue weighted by Gasteiger charge is -1.94. The van der Waals surface area contributed by atoms with Gasteiger partial charge >= 0.3 is 0 Å². The molecule has 108 valence electrons. The van der Waals surface area contributed by atoms with Gasteiger partial charge in [-0.25, -0.2) is 0 Å². The van der Waals surface area contributed by atoms with E-state index in [0.29, 0.717) is 0 Å². The molecule has 0 saturated heterocycles. The summed E-state index contributed by atoms with van der Waals surface area (Å²) >= 11 is 0. The topological polar surface area (TPSA) is 31.6 Å². The van der Waals surface area contributed by atoms with Gasteiger partial charge in [0.05, 0.1) is 0 Å². The Kier molecular flexibility index (Phi) is 4.53. The second-order valence-electron chi connectivity index (χ2n) is 4.90. The molecule has 2 N–H and O–H groups in total. The van der Waals surface area contributed by atoms with E-state index in [1.54, 1.807) is 0 Å². The van der Waals surface area contributed by atoms with Gasteiger partial charge in [-0.05, 0) is 35.4 Å². The first-order valence-corrected chi connectivity index (χ1v) is 7.31. The maximum atomic E-state index is 3.15. The van der Waals surface area contributed by atoms with Crippen LogP contribution in [0.2, 0.25) is 0 Å². The number of hydrogen-bond donors (Lipinski definition) is 2. The lowest BCUT2D eigenvalue weighted by molar-refractivity contribution is 1.40. The van der Waals surface area contributed by atoms with Gasteiger partial charge in [-0.3, -0.25) is 0 Å². The molecule has 2 nitrogen and oxygen atoms in total. The largest absolute Gasteiger partial charge is 0.361 e. The normalized spacial score (nSPS) is 9.82. The van der Waals surface area contributed by atoms with E-state index in [1.807, 2.05) is 60.9 Å². The number of hydrogen-bond acceptors (Lipinski definition) is 0. The average molecular weight is 286 g/mol. The molecule has 4 aromatic rings. The minimum atomic E-state index is 1.17. The first-order chi connectivity index (χ1) is 10.9.